The number of non-ortho nitro benzene ring substituents is 2. The number of rotatable bonds is 9. The molecule has 2 aliphatic heterocycles. The molecule has 14 heteroatoms. The summed E-state index contributed by atoms with van der Waals surface area (Å²) in [6, 6.07) is 14.0. The molecule has 0 spiro atoms. The third-order valence-electron chi connectivity index (χ3n) is 5.90. The minimum absolute atomic E-state index is 0.0778. The van der Waals surface area contributed by atoms with E-state index in [9.17, 15) is 34.6 Å². The molecule has 13 nitrogen and oxygen atoms in total. The number of fused-ring (bicyclic) bond motifs is 1. The highest BCUT2D eigenvalue weighted by molar-refractivity contribution is 8.03. The zero-order valence-electron chi connectivity index (χ0n) is 20.3. The molecule has 1 aromatic heterocycles. The van der Waals surface area contributed by atoms with Crippen LogP contribution in [0.3, 0.4) is 0 Å². The van der Waals surface area contributed by atoms with Gasteiger partial charge in [-0.25, -0.2) is 9.59 Å². The molecule has 0 unspecified atom stereocenters. The molecule has 1 saturated heterocycles. The number of benzene rings is 2. The van der Waals surface area contributed by atoms with Crippen molar-refractivity contribution in [1.29, 1.82) is 0 Å². The van der Waals surface area contributed by atoms with Crippen molar-refractivity contribution in [3.05, 3.63) is 120 Å². The van der Waals surface area contributed by atoms with E-state index in [1.807, 2.05) is 0 Å². The lowest BCUT2D eigenvalue weighted by Gasteiger charge is -2.37. The van der Waals surface area contributed by atoms with Crippen LogP contribution in [0.15, 0.2) is 81.8 Å². The van der Waals surface area contributed by atoms with Crippen molar-refractivity contribution >= 4 is 47.1 Å². The fourth-order valence-corrected chi connectivity index (χ4v) is 4.94. The average Bonchev–Trinajstić information content (AvgIpc) is 3.59. The minimum Gasteiger partial charge on any atom is -0.456 e. The number of carbonyl (C=O) groups excluding carboxylic acids is 3. The number of ether oxygens (including phenoxy) is 2. The molecular formula is C26H17N3O10S. The normalized spacial score (nSPS) is 16.6. The van der Waals surface area contributed by atoms with Gasteiger partial charge in [-0.2, -0.15) is 0 Å². The van der Waals surface area contributed by atoms with Gasteiger partial charge in [-0.05, 0) is 53.6 Å². The molecule has 40 heavy (non-hydrogen) atoms. The molecule has 0 saturated carbocycles. The Morgan fingerprint density at radius 2 is 1.43 bits per heavy atom. The number of carbonyl (C=O) groups is 3. The molecule has 3 aromatic rings. The number of esters is 2. The Labute approximate surface area is 228 Å². The molecule has 0 bridgehead atoms. The van der Waals surface area contributed by atoms with Gasteiger partial charge in [0, 0.05) is 29.7 Å². The maximum atomic E-state index is 12.8. The third kappa shape index (κ3) is 5.33. The van der Waals surface area contributed by atoms with Gasteiger partial charge in [0.05, 0.1) is 15.4 Å². The van der Waals surface area contributed by atoms with E-state index >= 15 is 0 Å². The van der Waals surface area contributed by atoms with Gasteiger partial charge in [0.1, 0.15) is 30.0 Å². The van der Waals surface area contributed by atoms with E-state index in [-0.39, 0.29) is 41.8 Å². The van der Waals surface area contributed by atoms with Crippen molar-refractivity contribution in [2.75, 3.05) is 0 Å². The lowest BCUT2D eigenvalue weighted by molar-refractivity contribution is -0.385. The molecule has 5 rings (SSSR count). The Kier molecular flexibility index (Phi) is 7.16. The van der Waals surface area contributed by atoms with Gasteiger partial charge in [-0.15, -0.1) is 11.8 Å². The molecule has 0 N–H and O–H groups in total. The van der Waals surface area contributed by atoms with Crippen molar-refractivity contribution < 1.29 is 38.1 Å². The van der Waals surface area contributed by atoms with E-state index in [0.717, 1.165) is 0 Å². The van der Waals surface area contributed by atoms with E-state index in [2.05, 4.69) is 0 Å². The highest BCUT2D eigenvalue weighted by Crippen LogP contribution is 2.45. The molecule has 2 aromatic carbocycles. The highest BCUT2D eigenvalue weighted by Gasteiger charge is 2.50. The van der Waals surface area contributed by atoms with E-state index in [1.54, 1.807) is 0 Å². The molecule has 2 aliphatic rings. The van der Waals surface area contributed by atoms with Gasteiger partial charge in [0.25, 0.3) is 17.3 Å². The van der Waals surface area contributed by atoms with E-state index < -0.39 is 33.1 Å². The summed E-state index contributed by atoms with van der Waals surface area (Å²) in [5.74, 6) is -1.74. The molecule has 1 fully saturated rings. The second kappa shape index (κ2) is 10.9. The summed E-state index contributed by atoms with van der Waals surface area (Å²) in [6.07, 6.45) is 1.47. The summed E-state index contributed by atoms with van der Waals surface area (Å²) in [5, 5.41) is 22.5. The van der Waals surface area contributed by atoms with E-state index in [4.69, 9.17) is 13.9 Å². The fourth-order valence-electron chi connectivity index (χ4n) is 3.82. The average molecular weight is 564 g/mol. The number of hydrogen-bond acceptors (Lipinski definition) is 11. The number of β-lactam (4-membered cyclic amide) rings is 1. The lowest BCUT2D eigenvalue weighted by atomic mass is 10.0. The summed E-state index contributed by atoms with van der Waals surface area (Å²) in [6.45, 7) is -0.238. The molecular weight excluding hydrogens is 546 g/mol. The van der Waals surface area contributed by atoms with E-state index in [0.29, 0.717) is 16.7 Å². The lowest BCUT2D eigenvalue weighted by Crippen LogP contribution is -2.51. The van der Waals surface area contributed by atoms with Crippen LogP contribution in [0, 0.1) is 20.2 Å². The van der Waals surface area contributed by atoms with Crippen LogP contribution >= 0.6 is 11.8 Å². The maximum absolute atomic E-state index is 12.8. The largest absolute Gasteiger partial charge is 0.456 e. The van der Waals surface area contributed by atoms with Gasteiger partial charge in [0.15, 0.2) is 0 Å². The minimum atomic E-state index is -0.750. The predicted octanol–water partition coefficient (Wildman–Crippen LogP) is 4.34. The Morgan fingerprint density at radius 1 is 0.875 bits per heavy atom. The Balaban J connectivity index is 1.15. The number of furan rings is 1. The van der Waals surface area contributed by atoms with Crippen LogP contribution in [0.2, 0.25) is 0 Å². The summed E-state index contributed by atoms with van der Waals surface area (Å²) < 4.78 is 15.9. The summed E-state index contributed by atoms with van der Waals surface area (Å²) in [5.41, 5.74) is 1.39. The van der Waals surface area contributed by atoms with Gasteiger partial charge < -0.3 is 13.9 Å². The molecule has 1 atom stereocenters. The van der Waals surface area contributed by atoms with Crippen LogP contribution in [0.5, 0.6) is 0 Å². The molecule has 1 amide bonds. The first-order valence-electron chi connectivity index (χ1n) is 11.5. The van der Waals surface area contributed by atoms with Crippen molar-refractivity contribution in [2.24, 2.45) is 0 Å². The zero-order valence-corrected chi connectivity index (χ0v) is 21.1. The highest BCUT2D eigenvalue weighted by atomic mass is 32.2. The van der Waals surface area contributed by atoms with Gasteiger partial charge in [-0.1, -0.05) is 0 Å². The summed E-state index contributed by atoms with van der Waals surface area (Å²) >= 11 is 1.23. The van der Waals surface area contributed by atoms with Gasteiger partial charge >= 0.3 is 11.9 Å². The van der Waals surface area contributed by atoms with Crippen LogP contribution in [-0.2, 0) is 32.3 Å². The monoisotopic (exact) mass is 563 g/mol. The van der Waals surface area contributed by atoms with Crippen LogP contribution < -0.4 is 0 Å². The predicted molar refractivity (Wildman–Crippen MR) is 138 cm³/mol. The summed E-state index contributed by atoms with van der Waals surface area (Å²) in [4.78, 5) is 59.4. The van der Waals surface area contributed by atoms with Crippen LogP contribution in [0.25, 0.3) is 6.08 Å². The number of nitro benzene ring substituents is 2. The second-order valence-electron chi connectivity index (χ2n) is 8.47. The molecule has 0 aliphatic carbocycles. The van der Waals surface area contributed by atoms with E-state index in [1.165, 1.54) is 88.8 Å². The van der Waals surface area contributed by atoms with Gasteiger partial charge in [-0.3, -0.25) is 29.9 Å². The quantitative estimate of drug-likeness (QED) is 0.119. The van der Waals surface area contributed by atoms with Crippen molar-refractivity contribution in [3.8, 4) is 0 Å². The van der Waals surface area contributed by atoms with Crippen molar-refractivity contribution in [1.82, 2.24) is 4.90 Å². The van der Waals surface area contributed by atoms with Crippen LogP contribution in [0.1, 0.15) is 27.4 Å². The topological polar surface area (TPSA) is 172 Å². The zero-order chi connectivity index (χ0) is 28.4. The van der Waals surface area contributed by atoms with Crippen LogP contribution in [-0.4, -0.2) is 38.0 Å². The Morgan fingerprint density at radius 3 is 1.98 bits per heavy atom. The molecule has 3 heterocycles. The first-order valence-corrected chi connectivity index (χ1v) is 12.5. The maximum Gasteiger partial charge on any atom is 0.374 e. The van der Waals surface area contributed by atoms with Gasteiger partial charge in [0.2, 0.25) is 5.76 Å². The molecule has 0 radical (unpaired) electrons. The number of thioether (sulfide) groups is 1. The summed E-state index contributed by atoms with van der Waals surface area (Å²) in [7, 11) is 0. The molecule has 202 valence electrons. The Bertz CT molecular complexity index is 1590. The van der Waals surface area contributed by atoms with Crippen molar-refractivity contribution in [3.63, 3.8) is 0 Å². The number of nitrogens with zero attached hydrogens (tertiary/aromatic N) is 3. The first kappa shape index (κ1) is 26.4. The Hall–Kier alpha value is -5.24. The van der Waals surface area contributed by atoms with Crippen molar-refractivity contribution in [2.45, 2.75) is 18.6 Å². The number of nitro groups is 2. The first-order chi connectivity index (χ1) is 19.2. The SMILES string of the molecule is O=C(OCc1ccc([N+](=O)[O-])cc1)C1=CS[C@@H]2/C(=C\c3ccc(C(=O)OCc4ccc([N+](=O)[O-])cc4)o3)C(=O)N12. The standard InChI is InChI=1S/C26H17N3O10S/c30-23-20(11-19-9-10-22(39-19)26(32)38-13-16-3-7-18(8-4-16)29(35)36)24-27(23)21(14-40-24)25(31)37-12-15-1-5-17(6-2-15)28(33)34/h1-11,14,24H,12-13H2/b20-11-/t24-/m1/s1. The third-order valence-corrected chi connectivity index (χ3v) is 6.99. The smallest absolute Gasteiger partial charge is 0.374 e. The number of hydrogen-bond donors (Lipinski definition) is 0. The number of amides is 1. The van der Waals surface area contributed by atoms with Crippen LogP contribution in [0.4, 0.5) is 11.4 Å². The fraction of sp³-hybridized carbons (Fsp3) is 0.115. The second-order valence-corrected chi connectivity index (χ2v) is 9.42.